The van der Waals surface area contributed by atoms with Gasteiger partial charge in [0.15, 0.2) is 28.2 Å². The van der Waals surface area contributed by atoms with Crippen LogP contribution in [-0.2, 0) is 9.59 Å². The predicted molar refractivity (Wildman–Crippen MR) is 154 cm³/mol. The van der Waals surface area contributed by atoms with Gasteiger partial charge in [-0.2, -0.15) is 0 Å². The Labute approximate surface area is 236 Å². The maximum atomic E-state index is 13.5. The summed E-state index contributed by atoms with van der Waals surface area (Å²) in [4.78, 5) is 33.0. The van der Waals surface area contributed by atoms with E-state index in [1.807, 2.05) is 43.3 Å². The Morgan fingerprint density at radius 3 is 2.64 bits per heavy atom. The van der Waals surface area contributed by atoms with Gasteiger partial charge in [0.1, 0.15) is 5.75 Å². The molecule has 0 fully saturated rings. The number of nitrogens with zero attached hydrogens (tertiary/aromatic N) is 2. The molecule has 1 aliphatic heterocycles. The average Bonchev–Trinajstić information content (AvgIpc) is 3.47. The van der Waals surface area contributed by atoms with E-state index in [9.17, 15) is 19.8 Å². The van der Waals surface area contributed by atoms with Crippen LogP contribution in [-0.4, -0.2) is 40.6 Å². The summed E-state index contributed by atoms with van der Waals surface area (Å²) in [6.07, 6.45) is 2.94. The second-order valence-electron chi connectivity index (χ2n) is 8.56. The number of ether oxygens (including phenoxy) is 2. The molecular weight excluding hydrogens is 584 g/mol. The van der Waals surface area contributed by atoms with Gasteiger partial charge in [0.2, 0.25) is 0 Å². The van der Waals surface area contributed by atoms with E-state index in [0.29, 0.717) is 33.0 Å². The maximum Gasteiger partial charge on any atom is 0.296 e. The number of ketones is 1. The van der Waals surface area contributed by atoms with Crippen molar-refractivity contribution in [3.05, 3.63) is 93.7 Å². The summed E-state index contributed by atoms with van der Waals surface area (Å²) in [5.41, 5.74) is 1.74. The van der Waals surface area contributed by atoms with Crippen molar-refractivity contribution < 1.29 is 29.3 Å². The fourth-order valence-corrected chi connectivity index (χ4v) is 5.84. The molecule has 0 bridgehead atoms. The number of fused-ring (bicyclic) bond motifs is 1. The smallest absolute Gasteiger partial charge is 0.296 e. The van der Waals surface area contributed by atoms with Crippen LogP contribution in [0.5, 0.6) is 17.2 Å². The number of carbonyl (C=O) groups is 2. The molecule has 4 aromatic rings. The van der Waals surface area contributed by atoms with Gasteiger partial charge in [-0.1, -0.05) is 47.7 Å². The van der Waals surface area contributed by atoms with Crippen LogP contribution in [0.2, 0.25) is 0 Å². The largest absolute Gasteiger partial charge is 0.503 e. The number of aromatic hydroxyl groups is 1. The highest BCUT2D eigenvalue weighted by molar-refractivity contribution is 9.10. The van der Waals surface area contributed by atoms with Gasteiger partial charge in [0.25, 0.3) is 5.91 Å². The summed E-state index contributed by atoms with van der Waals surface area (Å²) in [5, 5.41) is 21.7. The monoisotopic (exact) mass is 606 g/mol. The minimum absolute atomic E-state index is 0.110. The number of benzene rings is 3. The van der Waals surface area contributed by atoms with E-state index in [-0.39, 0.29) is 17.1 Å². The number of halogens is 1. The number of anilines is 1. The fourth-order valence-electron chi connectivity index (χ4n) is 4.36. The van der Waals surface area contributed by atoms with Gasteiger partial charge in [0, 0.05) is 0 Å². The number of thiazole rings is 1. The van der Waals surface area contributed by atoms with Crippen molar-refractivity contribution in [1.29, 1.82) is 0 Å². The summed E-state index contributed by atoms with van der Waals surface area (Å²) in [5.74, 6) is -1.30. The molecule has 1 amide bonds. The molecular formula is C29H23BrN2O6S. The SMILES string of the molecule is CCOc1ccc2nc(N3C(=O)C(O)=C(C(=O)C=Cc4ccccc4)C3c3cc(Br)c(O)c(OC)c3)sc2c1. The van der Waals surface area contributed by atoms with Crippen LogP contribution in [0.15, 0.2) is 82.5 Å². The van der Waals surface area contributed by atoms with Crippen LogP contribution in [0.4, 0.5) is 5.13 Å². The molecule has 0 aliphatic carbocycles. The first-order valence-corrected chi connectivity index (χ1v) is 13.6. The van der Waals surface area contributed by atoms with Gasteiger partial charge >= 0.3 is 0 Å². The molecule has 0 saturated carbocycles. The Kier molecular flexibility index (Phi) is 7.40. The zero-order valence-corrected chi connectivity index (χ0v) is 23.3. The van der Waals surface area contributed by atoms with Crippen LogP contribution in [0.1, 0.15) is 24.1 Å². The first-order valence-electron chi connectivity index (χ1n) is 12.0. The summed E-state index contributed by atoms with van der Waals surface area (Å²) in [6, 6.07) is 16.7. The molecule has 1 atom stereocenters. The Balaban J connectivity index is 1.64. The van der Waals surface area contributed by atoms with Crippen molar-refractivity contribution in [1.82, 2.24) is 4.98 Å². The fraction of sp³-hybridized carbons (Fsp3) is 0.138. The van der Waals surface area contributed by atoms with E-state index >= 15 is 0 Å². The molecule has 10 heteroatoms. The van der Waals surface area contributed by atoms with Gasteiger partial charge in [-0.05, 0) is 70.4 Å². The van der Waals surface area contributed by atoms with E-state index in [4.69, 9.17) is 9.47 Å². The summed E-state index contributed by atoms with van der Waals surface area (Å²) < 4.78 is 12.0. The number of methoxy groups -OCH3 is 1. The second kappa shape index (κ2) is 10.9. The number of allylic oxidation sites excluding steroid dienone is 1. The zero-order valence-electron chi connectivity index (χ0n) is 20.9. The zero-order chi connectivity index (χ0) is 27.7. The number of rotatable bonds is 8. The Morgan fingerprint density at radius 2 is 1.92 bits per heavy atom. The van der Waals surface area contributed by atoms with E-state index in [1.165, 1.54) is 35.5 Å². The van der Waals surface area contributed by atoms with Crippen molar-refractivity contribution in [2.75, 3.05) is 18.6 Å². The molecule has 1 aromatic heterocycles. The van der Waals surface area contributed by atoms with Gasteiger partial charge in [-0.15, -0.1) is 0 Å². The summed E-state index contributed by atoms with van der Waals surface area (Å²) >= 11 is 4.56. The van der Waals surface area contributed by atoms with E-state index < -0.39 is 23.5 Å². The van der Waals surface area contributed by atoms with Crippen LogP contribution in [0.3, 0.4) is 0 Å². The molecule has 0 saturated heterocycles. The predicted octanol–water partition coefficient (Wildman–Crippen LogP) is 6.35. The lowest BCUT2D eigenvalue weighted by Gasteiger charge is -2.25. The van der Waals surface area contributed by atoms with Crippen LogP contribution in [0.25, 0.3) is 16.3 Å². The molecule has 8 nitrogen and oxygen atoms in total. The van der Waals surface area contributed by atoms with E-state index in [2.05, 4.69) is 20.9 Å². The molecule has 0 radical (unpaired) electrons. The number of phenolic OH excluding ortho intramolecular Hbond substituents is 1. The number of aromatic nitrogens is 1. The minimum atomic E-state index is -1.04. The van der Waals surface area contributed by atoms with Crippen molar-refractivity contribution in [2.45, 2.75) is 13.0 Å². The van der Waals surface area contributed by atoms with Gasteiger partial charge in [0.05, 0.1) is 40.0 Å². The third kappa shape index (κ3) is 5.00. The normalized spacial score (nSPS) is 15.5. The lowest BCUT2D eigenvalue weighted by Crippen LogP contribution is -2.30. The molecule has 2 N–H and O–H groups in total. The molecule has 5 rings (SSSR count). The first-order chi connectivity index (χ1) is 18.8. The quantitative estimate of drug-likeness (QED) is 0.225. The summed E-state index contributed by atoms with van der Waals surface area (Å²) in [6.45, 7) is 2.39. The number of phenols is 1. The maximum absolute atomic E-state index is 13.5. The summed E-state index contributed by atoms with van der Waals surface area (Å²) in [7, 11) is 1.40. The van der Waals surface area contributed by atoms with Crippen molar-refractivity contribution in [3.8, 4) is 17.2 Å². The van der Waals surface area contributed by atoms with Crippen LogP contribution >= 0.6 is 27.3 Å². The van der Waals surface area contributed by atoms with Crippen LogP contribution in [0, 0.1) is 0 Å². The first kappa shape index (κ1) is 26.5. The van der Waals surface area contributed by atoms with Crippen molar-refractivity contribution in [2.24, 2.45) is 0 Å². The van der Waals surface area contributed by atoms with Gasteiger partial charge < -0.3 is 19.7 Å². The lowest BCUT2D eigenvalue weighted by atomic mass is 9.95. The Hall–Kier alpha value is -4.15. The third-order valence-corrected chi connectivity index (χ3v) is 7.77. The number of aliphatic hydroxyl groups excluding tert-OH is 1. The number of carbonyl (C=O) groups excluding carboxylic acids is 2. The number of amides is 1. The third-order valence-electron chi connectivity index (χ3n) is 6.15. The number of hydrogen-bond donors (Lipinski definition) is 2. The average molecular weight is 607 g/mol. The standard InChI is InChI=1S/C29H23BrN2O6S/c1-3-38-18-10-11-20-23(15-18)39-29(31-20)32-25(17-13-19(30)26(34)22(14-17)37-2)24(27(35)28(32)36)21(33)12-9-16-7-5-4-6-8-16/h4-15,25,34-35H,3H2,1-2H3. The van der Waals surface area contributed by atoms with Gasteiger partial charge in [-0.3, -0.25) is 14.5 Å². The second-order valence-corrected chi connectivity index (χ2v) is 10.4. The number of aliphatic hydroxyl groups is 1. The molecule has 3 aromatic carbocycles. The highest BCUT2D eigenvalue weighted by atomic mass is 79.9. The van der Waals surface area contributed by atoms with Gasteiger partial charge in [-0.25, -0.2) is 4.98 Å². The molecule has 2 heterocycles. The van der Waals surface area contributed by atoms with E-state index in [1.54, 1.807) is 24.3 Å². The molecule has 1 aliphatic rings. The minimum Gasteiger partial charge on any atom is -0.503 e. The molecule has 39 heavy (non-hydrogen) atoms. The molecule has 1 unspecified atom stereocenters. The Bertz CT molecular complexity index is 1650. The Morgan fingerprint density at radius 1 is 1.15 bits per heavy atom. The van der Waals surface area contributed by atoms with Crippen LogP contribution < -0.4 is 14.4 Å². The highest BCUT2D eigenvalue weighted by Gasteiger charge is 2.45. The van der Waals surface area contributed by atoms with Crippen molar-refractivity contribution in [3.63, 3.8) is 0 Å². The number of hydrogen-bond acceptors (Lipinski definition) is 8. The topological polar surface area (TPSA) is 109 Å². The van der Waals surface area contributed by atoms with Crippen molar-refractivity contribution >= 4 is 60.4 Å². The highest BCUT2D eigenvalue weighted by Crippen LogP contribution is 2.47. The van der Waals surface area contributed by atoms with E-state index in [0.717, 1.165) is 10.3 Å². The lowest BCUT2D eigenvalue weighted by molar-refractivity contribution is -0.117. The molecule has 0 spiro atoms. The molecule has 198 valence electrons.